The molecule has 0 radical (unpaired) electrons. The second-order valence-electron chi connectivity index (χ2n) is 4.90. The third-order valence-electron chi connectivity index (χ3n) is 2.66. The molecule has 0 N–H and O–H groups in total. The maximum absolute atomic E-state index is 3.57. The number of alkyl halides is 1. The molecule has 3 heteroatoms. The van der Waals surface area contributed by atoms with Gasteiger partial charge in [-0.2, -0.15) is 0 Å². The highest BCUT2D eigenvalue weighted by atomic mass is 79.9. The summed E-state index contributed by atoms with van der Waals surface area (Å²) in [5.41, 5.74) is 0.334. The van der Waals surface area contributed by atoms with Gasteiger partial charge in [-0.1, -0.05) is 35.8 Å². The molecule has 0 saturated carbocycles. The largest absolute Gasteiger partial charge is 0.298 e. The van der Waals surface area contributed by atoms with Gasteiger partial charge in [0.1, 0.15) is 0 Å². The van der Waals surface area contributed by atoms with E-state index in [1.165, 1.54) is 4.88 Å². The van der Waals surface area contributed by atoms with Crippen molar-refractivity contribution in [1.29, 1.82) is 0 Å². The second kappa shape index (κ2) is 5.46. The highest BCUT2D eigenvalue weighted by molar-refractivity contribution is 9.09. The SMILES string of the molecule is CC(c1cccs1)N(C)CC(C)(C)CBr. The third kappa shape index (κ3) is 3.89. The second-order valence-corrected chi connectivity index (χ2v) is 6.44. The van der Waals surface area contributed by atoms with Gasteiger partial charge in [-0.05, 0) is 30.8 Å². The highest BCUT2D eigenvalue weighted by Gasteiger charge is 2.22. The average molecular weight is 290 g/mol. The zero-order chi connectivity index (χ0) is 11.5. The van der Waals surface area contributed by atoms with Gasteiger partial charge in [-0.3, -0.25) is 4.90 Å². The summed E-state index contributed by atoms with van der Waals surface area (Å²) in [7, 11) is 2.20. The molecule has 15 heavy (non-hydrogen) atoms. The lowest BCUT2D eigenvalue weighted by atomic mass is 9.95. The maximum atomic E-state index is 3.57. The van der Waals surface area contributed by atoms with E-state index in [9.17, 15) is 0 Å². The molecular weight excluding hydrogens is 270 g/mol. The molecule has 0 aliphatic carbocycles. The molecule has 1 heterocycles. The molecule has 1 rings (SSSR count). The zero-order valence-corrected chi connectivity index (χ0v) is 12.4. The van der Waals surface area contributed by atoms with Crippen molar-refractivity contribution in [3.05, 3.63) is 22.4 Å². The predicted molar refractivity (Wildman–Crippen MR) is 72.9 cm³/mol. The number of rotatable bonds is 5. The maximum Gasteiger partial charge on any atom is 0.0410 e. The van der Waals surface area contributed by atoms with Crippen LogP contribution in [0.4, 0.5) is 0 Å². The molecule has 86 valence electrons. The van der Waals surface area contributed by atoms with Crippen molar-refractivity contribution in [1.82, 2.24) is 4.90 Å². The van der Waals surface area contributed by atoms with E-state index in [0.717, 1.165) is 11.9 Å². The van der Waals surface area contributed by atoms with Crippen molar-refractivity contribution in [3.8, 4) is 0 Å². The van der Waals surface area contributed by atoms with Gasteiger partial charge in [-0.15, -0.1) is 11.3 Å². The van der Waals surface area contributed by atoms with Gasteiger partial charge in [-0.25, -0.2) is 0 Å². The van der Waals surface area contributed by atoms with Crippen LogP contribution < -0.4 is 0 Å². The Morgan fingerprint density at radius 2 is 2.20 bits per heavy atom. The van der Waals surface area contributed by atoms with Gasteiger partial charge >= 0.3 is 0 Å². The molecule has 1 nitrogen and oxygen atoms in total. The standard InChI is InChI=1S/C12H20BrNS/c1-10(11-6-5-7-15-11)14(4)9-12(2,3)8-13/h5-7,10H,8-9H2,1-4H3. The van der Waals surface area contributed by atoms with Gasteiger partial charge < -0.3 is 0 Å². The molecule has 0 fully saturated rings. The minimum Gasteiger partial charge on any atom is -0.298 e. The van der Waals surface area contributed by atoms with Crippen LogP contribution in [-0.4, -0.2) is 23.8 Å². The van der Waals surface area contributed by atoms with Crippen LogP contribution in [0, 0.1) is 5.41 Å². The third-order valence-corrected chi connectivity index (χ3v) is 5.22. The van der Waals surface area contributed by atoms with Crippen LogP contribution in [0.5, 0.6) is 0 Å². The molecule has 1 aromatic heterocycles. The van der Waals surface area contributed by atoms with Crippen molar-refractivity contribution in [2.75, 3.05) is 18.9 Å². The summed E-state index contributed by atoms with van der Waals surface area (Å²) in [4.78, 5) is 3.87. The van der Waals surface area contributed by atoms with Gasteiger partial charge in [0, 0.05) is 22.8 Å². The molecule has 1 unspecified atom stereocenters. The van der Waals surface area contributed by atoms with E-state index < -0.39 is 0 Å². The van der Waals surface area contributed by atoms with Crippen molar-refractivity contribution in [3.63, 3.8) is 0 Å². The topological polar surface area (TPSA) is 3.24 Å². The van der Waals surface area contributed by atoms with E-state index in [-0.39, 0.29) is 0 Å². The number of halogens is 1. The Kier molecular flexibility index (Phi) is 4.81. The summed E-state index contributed by atoms with van der Waals surface area (Å²) in [5.74, 6) is 0. The first-order valence-corrected chi connectivity index (χ1v) is 7.26. The lowest BCUT2D eigenvalue weighted by molar-refractivity contribution is 0.188. The lowest BCUT2D eigenvalue weighted by Gasteiger charge is -2.32. The summed E-state index contributed by atoms with van der Waals surface area (Å²) in [6.45, 7) is 7.96. The number of hydrogen-bond donors (Lipinski definition) is 0. The Morgan fingerprint density at radius 3 is 2.67 bits per heavy atom. The zero-order valence-electron chi connectivity index (χ0n) is 9.96. The molecule has 0 saturated heterocycles. The normalized spacial score (nSPS) is 14.5. The van der Waals surface area contributed by atoms with E-state index in [2.05, 4.69) is 66.2 Å². The summed E-state index contributed by atoms with van der Waals surface area (Å²) in [5, 5.41) is 3.19. The fraction of sp³-hybridized carbons (Fsp3) is 0.667. The van der Waals surface area contributed by atoms with E-state index in [0.29, 0.717) is 11.5 Å². The molecular formula is C12H20BrNS. The summed E-state index contributed by atoms with van der Waals surface area (Å²) < 4.78 is 0. The fourth-order valence-corrected chi connectivity index (χ4v) is 2.63. The first-order valence-electron chi connectivity index (χ1n) is 5.26. The smallest absolute Gasteiger partial charge is 0.0410 e. The fourth-order valence-electron chi connectivity index (χ4n) is 1.60. The van der Waals surface area contributed by atoms with Crippen LogP contribution in [0.1, 0.15) is 31.7 Å². The van der Waals surface area contributed by atoms with Crippen LogP contribution in [0.25, 0.3) is 0 Å². The summed E-state index contributed by atoms with van der Waals surface area (Å²) >= 11 is 5.41. The van der Waals surface area contributed by atoms with Gasteiger partial charge in [0.05, 0.1) is 0 Å². The Balaban J connectivity index is 2.58. The van der Waals surface area contributed by atoms with Crippen molar-refractivity contribution in [2.24, 2.45) is 5.41 Å². The minimum absolute atomic E-state index is 0.334. The van der Waals surface area contributed by atoms with Crippen molar-refractivity contribution >= 4 is 27.3 Å². The Bertz CT molecular complexity index is 282. The summed E-state index contributed by atoms with van der Waals surface area (Å²) in [6, 6.07) is 4.86. The molecule has 0 aliphatic rings. The lowest BCUT2D eigenvalue weighted by Crippen LogP contribution is -2.34. The highest BCUT2D eigenvalue weighted by Crippen LogP contribution is 2.27. The van der Waals surface area contributed by atoms with Crippen LogP contribution in [0.2, 0.25) is 0 Å². The average Bonchev–Trinajstić information content (AvgIpc) is 2.68. The predicted octanol–water partition coefficient (Wildman–Crippen LogP) is 4.16. The first-order chi connectivity index (χ1) is 6.96. The Labute approximate surface area is 106 Å². The molecule has 0 aromatic carbocycles. The van der Waals surface area contributed by atoms with Crippen molar-refractivity contribution in [2.45, 2.75) is 26.8 Å². The van der Waals surface area contributed by atoms with Crippen LogP contribution >= 0.6 is 27.3 Å². The van der Waals surface area contributed by atoms with Gasteiger partial charge in [0.15, 0.2) is 0 Å². The van der Waals surface area contributed by atoms with E-state index in [4.69, 9.17) is 0 Å². The molecule has 1 aromatic rings. The van der Waals surface area contributed by atoms with E-state index in [1.807, 2.05) is 11.3 Å². The molecule has 1 atom stereocenters. The molecule has 0 aliphatic heterocycles. The monoisotopic (exact) mass is 289 g/mol. The number of nitrogens with zero attached hydrogens (tertiary/aromatic N) is 1. The van der Waals surface area contributed by atoms with Crippen LogP contribution in [-0.2, 0) is 0 Å². The van der Waals surface area contributed by atoms with Crippen LogP contribution in [0.3, 0.4) is 0 Å². The number of thiophene rings is 1. The van der Waals surface area contributed by atoms with Gasteiger partial charge in [0.2, 0.25) is 0 Å². The van der Waals surface area contributed by atoms with E-state index in [1.54, 1.807) is 0 Å². The Morgan fingerprint density at radius 1 is 1.53 bits per heavy atom. The first kappa shape index (κ1) is 13.2. The van der Waals surface area contributed by atoms with Crippen molar-refractivity contribution < 1.29 is 0 Å². The molecule has 0 spiro atoms. The minimum atomic E-state index is 0.334. The summed E-state index contributed by atoms with van der Waals surface area (Å²) in [6.07, 6.45) is 0. The quantitative estimate of drug-likeness (QED) is 0.736. The molecule has 0 bridgehead atoms. The van der Waals surface area contributed by atoms with Gasteiger partial charge in [0.25, 0.3) is 0 Å². The Hall–Kier alpha value is 0.140. The van der Waals surface area contributed by atoms with E-state index >= 15 is 0 Å². The molecule has 0 amide bonds. The van der Waals surface area contributed by atoms with Crippen LogP contribution in [0.15, 0.2) is 17.5 Å². The number of hydrogen-bond acceptors (Lipinski definition) is 2.